The molecule has 4 aromatic rings. The molecule has 1 aromatic heterocycles. The first-order chi connectivity index (χ1) is 30.0. The second-order valence-corrected chi connectivity index (χ2v) is 15.2. The maximum absolute atomic E-state index is 14.2. The van der Waals surface area contributed by atoms with E-state index in [4.69, 9.17) is 11.5 Å². The molecular weight excluding hydrogens is 815 g/mol. The Bertz CT molecular complexity index is 2230. The maximum Gasteiger partial charge on any atom is 0.326 e. The molecule has 1 heterocycles. The van der Waals surface area contributed by atoms with Gasteiger partial charge in [0.15, 0.2) is 0 Å². The summed E-state index contributed by atoms with van der Waals surface area (Å²) in [5, 5.41) is 35.1. The number of para-hydroxylation sites is 1. The minimum atomic E-state index is -1.45. The summed E-state index contributed by atoms with van der Waals surface area (Å²) < 4.78 is 0. The van der Waals surface area contributed by atoms with E-state index >= 15 is 0 Å². The fourth-order valence-corrected chi connectivity index (χ4v) is 6.61. The molecule has 0 unspecified atom stereocenters. The van der Waals surface area contributed by atoms with Gasteiger partial charge in [0.25, 0.3) is 0 Å². The molecule has 0 aliphatic rings. The second-order valence-electron chi connectivity index (χ2n) is 15.2. The highest BCUT2D eigenvalue weighted by molar-refractivity contribution is 5.96. The Balaban J connectivity index is 1.49. The highest BCUT2D eigenvalue weighted by Gasteiger charge is 2.33. The van der Waals surface area contributed by atoms with Crippen molar-refractivity contribution in [3.63, 3.8) is 0 Å². The molecule has 4 rings (SSSR count). The summed E-state index contributed by atoms with van der Waals surface area (Å²) in [6.45, 7) is 2.35. The number of benzene rings is 3. The molecule has 336 valence electrons. The number of carbonyl (C=O) groups is 8. The van der Waals surface area contributed by atoms with Crippen LogP contribution in [-0.4, -0.2) is 106 Å². The van der Waals surface area contributed by atoms with Crippen molar-refractivity contribution in [1.29, 1.82) is 0 Å². The maximum atomic E-state index is 14.2. The van der Waals surface area contributed by atoms with Gasteiger partial charge in [0.2, 0.25) is 41.4 Å². The predicted octanol–water partition coefficient (Wildman–Crippen LogP) is -0.203. The van der Waals surface area contributed by atoms with Gasteiger partial charge in [-0.15, -0.1) is 0 Å². The van der Waals surface area contributed by atoms with Gasteiger partial charge in [-0.3, -0.25) is 33.6 Å². The number of fused-ring (bicyclic) bond motifs is 1. The highest BCUT2D eigenvalue weighted by atomic mass is 16.4. The lowest BCUT2D eigenvalue weighted by Crippen LogP contribution is -2.60. The molecule has 0 bridgehead atoms. The number of aromatic amines is 1. The molecule has 0 radical (unpaired) electrons. The Morgan fingerprint density at radius 2 is 1.25 bits per heavy atom. The predicted molar refractivity (Wildman–Crippen MR) is 231 cm³/mol. The van der Waals surface area contributed by atoms with E-state index < -0.39 is 96.5 Å². The third-order valence-corrected chi connectivity index (χ3v) is 10.3. The van der Waals surface area contributed by atoms with E-state index in [1.165, 1.54) is 12.1 Å². The van der Waals surface area contributed by atoms with Crippen molar-refractivity contribution >= 4 is 58.2 Å². The number of nitrogens with two attached hydrogens (primary N) is 2. The van der Waals surface area contributed by atoms with Gasteiger partial charge >= 0.3 is 5.97 Å². The van der Waals surface area contributed by atoms with E-state index in [2.05, 4.69) is 36.9 Å². The first-order valence-electron chi connectivity index (χ1n) is 20.4. The monoisotopic (exact) mass is 869 g/mol. The molecule has 0 aliphatic heterocycles. The Morgan fingerprint density at radius 3 is 1.89 bits per heavy atom. The molecule has 19 nitrogen and oxygen atoms in total. The van der Waals surface area contributed by atoms with Crippen LogP contribution in [0.25, 0.3) is 10.9 Å². The van der Waals surface area contributed by atoms with E-state index in [0.29, 0.717) is 23.1 Å². The van der Waals surface area contributed by atoms with Crippen molar-refractivity contribution in [3.8, 4) is 5.75 Å². The second kappa shape index (κ2) is 23.6. The number of nitrogens with one attached hydrogen (secondary N) is 7. The molecule has 13 N–H and O–H groups in total. The van der Waals surface area contributed by atoms with Crippen molar-refractivity contribution in [2.24, 2.45) is 17.4 Å². The van der Waals surface area contributed by atoms with E-state index in [0.717, 1.165) is 10.9 Å². The molecule has 0 saturated heterocycles. The molecule has 3 aromatic carbocycles. The van der Waals surface area contributed by atoms with Gasteiger partial charge in [0.1, 0.15) is 29.9 Å². The highest BCUT2D eigenvalue weighted by Crippen LogP contribution is 2.20. The Labute approximate surface area is 363 Å². The quantitative estimate of drug-likeness (QED) is 0.0438. The molecule has 0 saturated carbocycles. The fraction of sp³-hybridized carbons (Fsp3) is 0.364. The van der Waals surface area contributed by atoms with Crippen LogP contribution in [0.1, 0.15) is 49.8 Å². The third kappa shape index (κ3) is 15.3. The number of amides is 7. The molecule has 19 heteroatoms. The fourth-order valence-electron chi connectivity index (χ4n) is 6.61. The lowest BCUT2D eigenvalue weighted by molar-refractivity contribution is -0.142. The average Bonchev–Trinajstić information content (AvgIpc) is 3.67. The minimum absolute atomic E-state index is 0.0144. The summed E-state index contributed by atoms with van der Waals surface area (Å²) in [5.41, 5.74) is 14.0. The van der Waals surface area contributed by atoms with Gasteiger partial charge in [-0.05, 0) is 53.6 Å². The topological polar surface area (TPSA) is 317 Å². The zero-order valence-electron chi connectivity index (χ0n) is 35.0. The molecule has 63 heavy (non-hydrogen) atoms. The number of aromatic nitrogens is 1. The average molecular weight is 870 g/mol. The molecular formula is C44H55N9O10. The number of carbonyl (C=O) groups excluding carboxylic acids is 7. The number of rotatable bonds is 24. The summed E-state index contributed by atoms with van der Waals surface area (Å²) in [4.78, 5) is 107. The van der Waals surface area contributed by atoms with Crippen LogP contribution in [-0.2, 0) is 57.6 Å². The van der Waals surface area contributed by atoms with E-state index in [-0.39, 0.29) is 37.9 Å². The molecule has 0 fully saturated rings. The lowest BCUT2D eigenvalue weighted by atomic mass is 9.96. The number of carboxylic acid groups (broad SMARTS) is 1. The van der Waals surface area contributed by atoms with Crippen molar-refractivity contribution in [2.45, 2.75) is 82.6 Å². The van der Waals surface area contributed by atoms with Crippen LogP contribution in [0.15, 0.2) is 85.1 Å². The van der Waals surface area contributed by atoms with Gasteiger partial charge in [0.05, 0.1) is 19.1 Å². The van der Waals surface area contributed by atoms with Gasteiger partial charge < -0.3 is 58.6 Å². The number of carboxylic acids is 1. The Morgan fingerprint density at radius 1 is 0.667 bits per heavy atom. The number of aliphatic carboxylic acids is 1. The van der Waals surface area contributed by atoms with Crippen molar-refractivity contribution in [1.82, 2.24) is 36.9 Å². The number of phenolic OH excluding ortho intramolecular Hbond substituents is 1. The van der Waals surface area contributed by atoms with Crippen LogP contribution in [0, 0.1) is 5.92 Å². The zero-order chi connectivity index (χ0) is 46.1. The minimum Gasteiger partial charge on any atom is -0.508 e. The summed E-state index contributed by atoms with van der Waals surface area (Å²) in [6.07, 6.45) is 1.61. The van der Waals surface area contributed by atoms with Gasteiger partial charge in [-0.1, -0.05) is 80.9 Å². The number of phenols is 1. The van der Waals surface area contributed by atoms with Crippen molar-refractivity contribution in [3.05, 3.63) is 102 Å². The van der Waals surface area contributed by atoms with Crippen LogP contribution < -0.4 is 43.4 Å². The first kappa shape index (κ1) is 48.4. The van der Waals surface area contributed by atoms with Gasteiger partial charge in [0, 0.05) is 36.4 Å². The molecule has 6 atom stereocenters. The standard InChI is InChI=1S/C44H55N9O10/c1-3-25(2)39(53-42(60)34(20-26-9-5-4-6-10-26)51-38(57)23-48-40(58)31(45)19-27-13-15-29(54)16-14-27)43(61)52-35(21-28-22-47-32-12-8-7-11-30(28)32)41(59)49-24-37(56)50-33(44(62)63)17-18-36(46)55/h4-16,22,25,31,33-35,39,47,54H,3,17-21,23-24,45H2,1-2H3,(H2,46,55)(H,48,58)(H,49,59)(H,50,56)(H,51,57)(H,52,61)(H,53,60)(H,62,63)/t25-,31-,33-,34-,35-,39-/m0/s1. The van der Waals surface area contributed by atoms with Crippen LogP contribution >= 0.6 is 0 Å². The number of hydrogen-bond donors (Lipinski definition) is 11. The van der Waals surface area contributed by atoms with Crippen molar-refractivity contribution in [2.75, 3.05) is 13.1 Å². The summed E-state index contributed by atoms with van der Waals surface area (Å²) in [5.74, 6) is -7.04. The summed E-state index contributed by atoms with van der Waals surface area (Å²) >= 11 is 0. The number of aromatic hydroxyl groups is 1. The zero-order valence-corrected chi connectivity index (χ0v) is 35.0. The normalized spacial score (nSPS) is 13.8. The summed E-state index contributed by atoms with van der Waals surface area (Å²) in [7, 11) is 0. The third-order valence-electron chi connectivity index (χ3n) is 10.3. The van der Waals surface area contributed by atoms with Crippen LogP contribution in [0.4, 0.5) is 0 Å². The van der Waals surface area contributed by atoms with Crippen LogP contribution in [0.3, 0.4) is 0 Å². The molecule has 0 aliphatic carbocycles. The van der Waals surface area contributed by atoms with E-state index in [1.54, 1.807) is 68.6 Å². The van der Waals surface area contributed by atoms with E-state index in [9.17, 15) is 48.6 Å². The first-order valence-corrected chi connectivity index (χ1v) is 20.4. The summed E-state index contributed by atoms with van der Waals surface area (Å²) in [6, 6.07) is 16.0. The van der Waals surface area contributed by atoms with Gasteiger partial charge in [-0.25, -0.2) is 4.79 Å². The lowest BCUT2D eigenvalue weighted by Gasteiger charge is -2.28. The number of primary amides is 1. The van der Waals surface area contributed by atoms with E-state index in [1.807, 2.05) is 18.2 Å². The molecule has 7 amide bonds. The molecule has 0 spiro atoms. The van der Waals surface area contributed by atoms with Crippen LogP contribution in [0.2, 0.25) is 0 Å². The van der Waals surface area contributed by atoms with Crippen LogP contribution in [0.5, 0.6) is 5.75 Å². The van der Waals surface area contributed by atoms with Crippen molar-refractivity contribution < 1.29 is 48.6 Å². The van der Waals surface area contributed by atoms with Gasteiger partial charge in [-0.2, -0.15) is 0 Å². The largest absolute Gasteiger partial charge is 0.508 e. The smallest absolute Gasteiger partial charge is 0.326 e. The Hall–Kier alpha value is -7.28. The number of hydrogen-bond acceptors (Lipinski definition) is 10. The SMILES string of the molecule is CC[C@H](C)[C@H](NC(=O)[C@H](Cc1ccccc1)NC(=O)CNC(=O)[C@@H](N)Cc1ccc(O)cc1)C(=O)N[C@@H](Cc1c[nH]c2ccccc12)C(=O)NCC(=O)N[C@@H](CCC(N)=O)C(=O)O. The Kier molecular flexibility index (Phi) is 18.2. The number of H-pyrrole nitrogens is 1.